The van der Waals surface area contributed by atoms with Crippen molar-refractivity contribution in [2.24, 2.45) is 0 Å². The third kappa shape index (κ3) is 3.57. The van der Waals surface area contributed by atoms with E-state index in [1.165, 1.54) is 4.57 Å². The molecule has 3 aromatic rings. The Kier molecular flexibility index (Phi) is 5.01. The van der Waals surface area contributed by atoms with Gasteiger partial charge in [0, 0.05) is 18.2 Å². The van der Waals surface area contributed by atoms with Gasteiger partial charge in [-0.1, -0.05) is 30.3 Å². The first-order valence-corrected chi connectivity index (χ1v) is 7.89. The van der Waals surface area contributed by atoms with Gasteiger partial charge in [0.1, 0.15) is 11.9 Å². The molecule has 0 fully saturated rings. The molecule has 0 spiro atoms. The van der Waals surface area contributed by atoms with Crippen molar-refractivity contribution < 1.29 is 4.57 Å². The molecule has 0 radical (unpaired) electrons. The summed E-state index contributed by atoms with van der Waals surface area (Å²) >= 11 is 0. The minimum atomic E-state index is -0.585. The Hall–Kier alpha value is -3.98. The van der Waals surface area contributed by atoms with Gasteiger partial charge in [0.2, 0.25) is 0 Å². The number of aromatic nitrogens is 3. The third-order valence-electron chi connectivity index (χ3n) is 3.66. The van der Waals surface area contributed by atoms with Crippen LogP contribution in [0.5, 0.6) is 0 Å². The number of rotatable bonds is 4. The van der Waals surface area contributed by atoms with Crippen LogP contribution in [0.1, 0.15) is 11.3 Å². The van der Waals surface area contributed by atoms with E-state index in [0.29, 0.717) is 11.3 Å². The van der Waals surface area contributed by atoms with E-state index in [9.17, 15) is 10.1 Å². The van der Waals surface area contributed by atoms with Crippen LogP contribution in [-0.4, -0.2) is 9.55 Å². The fraction of sp³-hybridized carbons (Fsp3) is 0. The fourth-order valence-electron chi connectivity index (χ4n) is 2.44. The number of nitrogens with zero attached hydrogens (tertiary/aromatic N) is 4. The summed E-state index contributed by atoms with van der Waals surface area (Å²) in [6, 6.07) is 16.6. The standard InChI is InChI=1S/C20H15N5O/c21-15-18-17(11-5-8-14-24-12-6-2-7-13-24)19(22)25(20(26)23-18)16-9-3-1-4-10-16/h1-14H,(H-,22,23,26)/p+1/b11-5+,14-8+. The lowest BCUT2D eigenvalue weighted by Crippen LogP contribution is -2.26. The van der Waals surface area contributed by atoms with Crippen LogP contribution < -0.4 is 16.0 Å². The largest absolute Gasteiger partial charge is 0.384 e. The van der Waals surface area contributed by atoms with Gasteiger partial charge in [-0.2, -0.15) is 14.8 Å². The first kappa shape index (κ1) is 16.9. The van der Waals surface area contributed by atoms with Gasteiger partial charge in [-0.15, -0.1) is 0 Å². The fourth-order valence-corrected chi connectivity index (χ4v) is 2.44. The summed E-state index contributed by atoms with van der Waals surface area (Å²) in [6.45, 7) is 0. The molecule has 3 rings (SSSR count). The number of nitriles is 1. The van der Waals surface area contributed by atoms with Crippen molar-refractivity contribution in [2.45, 2.75) is 0 Å². The van der Waals surface area contributed by atoms with Crippen LogP contribution >= 0.6 is 0 Å². The van der Waals surface area contributed by atoms with E-state index >= 15 is 0 Å². The second kappa shape index (κ2) is 7.73. The first-order valence-electron chi connectivity index (χ1n) is 7.89. The van der Waals surface area contributed by atoms with E-state index in [4.69, 9.17) is 5.73 Å². The number of nitrogen functional groups attached to an aromatic ring is 1. The van der Waals surface area contributed by atoms with Gasteiger partial charge in [0.25, 0.3) is 0 Å². The Labute approximate surface area is 150 Å². The lowest BCUT2D eigenvalue weighted by atomic mass is 10.2. The Morgan fingerprint density at radius 2 is 1.77 bits per heavy atom. The number of nitrogens with two attached hydrogens (primary N) is 1. The third-order valence-corrected chi connectivity index (χ3v) is 3.66. The van der Waals surface area contributed by atoms with Gasteiger partial charge in [-0.25, -0.2) is 9.36 Å². The highest BCUT2D eigenvalue weighted by Gasteiger charge is 2.13. The molecule has 6 nitrogen and oxygen atoms in total. The van der Waals surface area contributed by atoms with E-state index in [2.05, 4.69) is 4.98 Å². The molecule has 2 N–H and O–H groups in total. The molecule has 2 heterocycles. The highest BCUT2D eigenvalue weighted by atomic mass is 16.1. The smallest absolute Gasteiger partial charge is 0.355 e. The number of hydrogen-bond donors (Lipinski definition) is 1. The quantitative estimate of drug-likeness (QED) is 0.581. The maximum atomic E-state index is 12.3. The van der Waals surface area contributed by atoms with Crippen molar-refractivity contribution in [1.82, 2.24) is 9.55 Å². The number of allylic oxidation sites excluding steroid dienone is 2. The molecule has 0 aliphatic heterocycles. The molecule has 0 unspecified atom stereocenters. The number of para-hydroxylation sites is 1. The molecule has 0 saturated carbocycles. The van der Waals surface area contributed by atoms with E-state index in [-0.39, 0.29) is 11.5 Å². The Morgan fingerprint density at radius 3 is 2.46 bits per heavy atom. The van der Waals surface area contributed by atoms with Gasteiger partial charge in [-0.05, 0) is 18.2 Å². The van der Waals surface area contributed by atoms with Crippen molar-refractivity contribution in [3.8, 4) is 11.8 Å². The average Bonchev–Trinajstić information content (AvgIpc) is 2.68. The Bertz CT molecular complexity index is 1060. The lowest BCUT2D eigenvalue weighted by Gasteiger charge is -2.11. The molecule has 2 aromatic heterocycles. The van der Waals surface area contributed by atoms with Crippen molar-refractivity contribution in [3.05, 3.63) is 94.8 Å². The number of hydrogen-bond acceptors (Lipinski definition) is 4. The molecule has 0 bridgehead atoms. The minimum absolute atomic E-state index is 0.00306. The second-order valence-corrected chi connectivity index (χ2v) is 5.35. The summed E-state index contributed by atoms with van der Waals surface area (Å²) in [5, 5.41) is 9.29. The molecule has 0 amide bonds. The second-order valence-electron chi connectivity index (χ2n) is 5.35. The van der Waals surface area contributed by atoms with E-state index in [1.54, 1.807) is 42.5 Å². The van der Waals surface area contributed by atoms with E-state index in [1.807, 2.05) is 53.5 Å². The van der Waals surface area contributed by atoms with Crippen LogP contribution in [0.15, 0.2) is 77.9 Å². The van der Waals surface area contributed by atoms with Crippen molar-refractivity contribution >= 4 is 18.1 Å². The summed E-state index contributed by atoms with van der Waals surface area (Å²) in [6.07, 6.45) is 10.9. The average molecular weight is 342 g/mol. The van der Waals surface area contributed by atoms with Crippen LogP contribution in [0.3, 0.4) is 0 Å². The molecular weight excluding hydrogens is 326 g/mol. The molecule has 26 heavy (non-hydrogen) atoms. The molecular formula is C20H16N5O+. The highest BCUT2D eigenvalue weighted by molar-refractivity contribution is 5.68. The molecule has 0 aliphatic rings. The predicted octanol–water partition coefficient (Wildman–Crippen LogP) is 2.16. The van der Waals surface area contributed by atoms with Crippen molar-refractivity contribution in [1.29, 1.82) is 5.26 Å². The number of pyridine rings is 1. The zero-order chi connectivity index (χ0) is 18.4. The van der Waals surface area contributed by atoms with Gasteiger partial charge < -0.3 is 5.73 Å². The zero-order valence-electron chi connectivity index (χ0n) is 13.9. The lowest BCUT2D eigenvalue weighted by molar-refractivity contribution is -0.568. The first-order chi connectivity index (χ1) is 12.7. The van der Waals surface area contributed by atoms with Gasteiger partial charge in [-0.3, -0.25) is 0 Å². The molecule has 0 aliphatic carbocycles. The topological polar surface area (TPSA) is 88.6 Å². The van der Waals surface area contributed by atoms with Crippen LogP contribution in [0.2, 0.25) is 0 Å². The maximum Gasteiger partial charge on any atom is 0.355 e. The molecule has 1 aromatic carbocycles. The van der Waals surface area contributed by atoms with E-state index < -0.39 is 5.69 Å². The van der Waals surface area contributed by atoms with Gasteiger partial charge in [0.15, 0.2) is 24.3 Å². The van der Waals surface area contributed by atoms with Crippen LogP contribution in [0.4, 0.5) is 5.82 Å². The highest BCUT2D eigenvalue weighted by Crippen LogP contribution is 2.18. The monoisotopic (exact) mass is 342 g/mol. The SMILES string of the molecule is N#Cc1nc(=O)n(-c2ccccc2)c(N)c1/C=C/C=C/[n+]1ccccc1. The Balaban J connectivity index is 2.01. The van der Waals surface area contributed by atoms with E-state index in [0.717, 1.165) is 0 Å². The number of benzene rings is 1. The minimum Gasteiger partial charge on any atom is -0.384 e. The van der Waals surface area contributed by atoms with Crippen molar-refractivity contribution in [2.75, 3.05) is 5.73 Å². The summed E-state index contributed by atoms with van der Waals surface area (Å²) in [7, 11) is 0. The molecule has 6 heteroatoms. The summed E-state index contributed by atoms with van der Waals surface area (Å²) in [4.78, 5) is 16.1. The predicted molar refractivity (Wildman–Crippen MR) is 100.0 cm³/mol. The van der Waals surface area contributed by atoms with Crippen LogP contribution in [0, 0.1) is 11.3 Å². The van der Waals surface area contributed by atoms with Gasteiger partial charge >= 0.3 is 5.69 Å². The summed E-state index contributed by atoms with van der Waals surface area (Å²) in [5.41, 5.74) is 6.58. The normalized spacial score (nSPS) is 11.0. The summed E-state index contributed by atoms with van der Waals surface area (Å²) < 4.78 is 3.16. The van der Waals surface area contributed by atoms with Gasteiger partial charge in [0.05, 0.1) is 11.3 Å². The summed E-state index contributed by atoms with van der Waals surface area (Å²) in [5.74, 6) is 0.171. The Morgan fingerprint density at radius 1 is 1.08 bits per heavy atom. The zero-order valence-corrected chi connectivity index (χ0v) is 13.9. The van der Waals surface area contributed by atoms with Crippen LogP contribution in [-0.2, 0) is 0 Å². The molecule has 0 saturated heterocycles. The van der Waals surface area contributed by atoms with Crippen LogP contribution in [0.25, 0.3) is 18.0 Å². The molecule has 0 atom stereocenters. The maximum absolute atomic E-state index is 12.3. The molecule has 126 valence electrons. The van der Waals surface area contributed by atoms with Crippen molar-refractivity contribution in [3.63, 3.8) is 0 Å². The number of anilines is 1.